The molecule has 0 aliphatic carbocycles. The highest BCUT2D eigenvalue weighted by Gasteiger charge is 2.25. The summed E-state index contributed by atoms with van der Waals surface area (Å²) in [5, 5.41) is 11.2. The Bertz CT molecular complexity index is 10100. The van der Waals surface area contributed by atoms with E-state index >= 15 is 0 Å². The minimum atomic E-state index is -0.442. The van der Waals surface area contributed by atoms with E-state index in [1.807, 2.05) is 255 Å². The van der Waals surface area contributed by atoms with Crippen molar-refractivity contribution >= 4 is 152 Å². The molecule has 0 bridgehead atoms. The van der Waals surface area contributed by atoms with Gasteiger partial charge >= 0.3 is 0 Å². The summed E-state index contributed by atoms with van der Waals surface area (Å²) in [5.41, 5.74) is 13.8. The molecule has 0 radical (unpaired) electrons. The third kappa shape index (κ3) is 12.3. The number of hydrogen-bond donors (Lipinski definition) is 0. The van der Waals surface area contributed by atoms with Crippen LogP contribution in [0.2, 0.25) is 0 Å². The molecule has 26 rings (SSSR count). The van der Waals surface area contributed by atoms with E-state index in [4.69, 9.17) is 29.7 Å². The predicted octanol–water partition coefficient (Wildman–Crippen LogP) is 35.0. The molecule has 582 valence electrons. The van der Waals surface area contributed by atoms with Crippen LogP contribution in [0.5, 0.6) is 0 Å². The number of para-hydroxylation sites is 6. The first-order valence-electron chi connectivity index (χ1n) is 53.0. The third-order valence-electron chi connectivity index (χ3n) is 24.0. The van der Waals surface area contributed by atoms with Gasteiger partial charge in [0.2, 0.25) is 0 Å². The molecule has 0 atom stereocenters. The Kier molecular flexibility index (Phi) is 12.6. The first-order chi connectivity index (χ1) is 72.0. The minimum Gasteiger partial charge on any atom is -0.455 e. The molecule has 0 saturated carbocycles. The highest BCUT2D eigenvalue weighted by atomic mass is 16.3. The molecule has 0 fully saturated rings. The molecule has 0 unspecified atom stereocenters. The molecule has 3 aromatic heterocycles. The van der Waals surface area contributed by atoms with Gasteiger partial charge in [-0.2, -0.15) is 0 Å². The van der Waals surface area contributed by atoms with E-state index in [1.165, 1.54) is 0 Å². The van der Waals surface area contributed by atoms with E-state index < -0.39 is 72.5 Å². The number of hydrogen-bond acceptors (Lipinski definition) is 3. The Morgan fingerprint density at radius 1 is 0.144 bits per heavy atom. The average Bonchev–Trinajstić information content (AvgIpc) is 1.60. The van der Waals surface area contributed by atoms with Crippen molar-refractivity contribution in [1.82, 2.24) is 0 Å². The Morgan fingerprint density at radius 2 is 0.392 bits per heavy atom. The van der Waals surface area contributed by atoms with Crippen molar-refractivity contribution in [2.75, 3.05) is 0 Å². The van der Waals surface area contributed by atoms with E-state index in [9.17, 15) is 16.4 Å². The standard InChI is InChI=1S/2C42H26O.C38H24O/c1-2-13-30-27(11-1)12-9-19-31(30)28-23-25-29(26-24-28)40-33-15-3-5-17-35(33)41(36-18-6-4-16-34(36)40)38-21-10-20-37-32-14-7-8-22-39(32)43-42(37)38;1-2-11-30-26-31(25-22-27(30)10-1)28-20-23-29(24-21-28)40-33-13-3-5-15-35(33)41(36-16-6-4-14-34(36)40)38-18-9-17-37-32-12-7-8-19-39(32)43-42(37)38;1-2-11-25(12-3-1)26-21-23-27(24-22-26)36-29-14-4-6-16-31(29)37(32-17-7-5-15-30(32)36)34-19-10-18-33-28-13-8-9-20-35(28)39-38(33)34/h2*1-26H;1-24H/i3D,4D,5D,6D,15D,16D,17D,18D;3D,4D,5D,6D,13D,14D,15D,16D;4D,5D,6D,7D,14D,15D,16D,17D. The smallest absolute Gasteiger partial charge is 0.143 e. The Balaban J connectivity index is 0.000000119. The minimum absolute atomic E-state index is 0.152. The lowest BCUT2D eigenvalue weighted by Crippen LogP contribution is -1.91. The molecule has 0 aliphatic heterocycles. The molecule has 3 heterocycles. The van der Waals surface area contributed by atoms with Gasteiger partial charge in [0.05, 0.1) is 32.9 Å². The van der Waals surface area contributed by atoms with Crippen molar-refractivity contribution in [3.8, 4) is 100 Å². The molecule has 0 aliphatic rings. The largest absolute Gasteiger partial charge is 0.455 e. The summed E-state index contributed by atoms with van der Waals surface area (Å²) >= 11 is 0. The lowest BCUT2D eigenvalue weighted by molar-refractivity contribution is 0.669. The van der Waals surface area contributed by atoms with Crippen molar-refractivity contribution in [3.05, 3.63) is 460 Å². The molecule has 26 aromatic rings. The molecule has 0 N–H and O–H groups in total. The van der Waals surface area contributed by atoms with Crippen LogP contribution in [-0.4, -0.2) is 0 Å². The van der Waals surface area contributed by atoms with Gasteiger partial charge in [0.1, 0.15) is 33.5 Å². The molecule has 0 amide bonds. The van der Waals surface area contributed by atoms with Crippen LogP contribution in [-0.2, 0) is 0 Å². The molecular formula is C122H76O3. The van der Waals surface area contributed by atoms with Gasteiger partial charge in [-0.15, -0.1) is 0 Å². The summed E-state index contributed by atoms with van der Waals surface area (Å²) in [7, 11) is 0. The second-order valence-electron chi connectivity index (χ2n) is 30.8. The van der Waals surface area contributed by atoms with Gasteiger partial charge in [-0.3, -0.25) is 0 Å². The molecule has 0 saturated heterocycles. The number of fused-ring (bicyclic) bond motifs is 17. The van der Waals surface area contributed by atoms with Gasteiger partial charge in [0.15, 0.2) is 0 Å². The lowest BCUT2D eigenvalue weighted by Gasteiger charge is -2.18. The van der Waals surface area contributed by atoms with E-state index in [0.29, 0.717) is 83.6 Å². The van der Waals surface area contributed by atoms with E-state index in [0.717, 1.165) is 87.2 Å². The van der Waals surface area contributed by atoms with Gasteiger partial charge in [-0.05, 0) is 177 Å². The van der Waals surface area contributed by atoms with Crippen molar-refractivity contribution in [2.24, 2.45) is 0 Å². The van der Waals surface area contributed by atoms with Crippen molar-refractivity contribution in [1.29, 1.82) is 0 Å². The van der Waals surface area contributed by atoms with Crippen molar-refractivity contribution < 1.29 is 46.1 Å². The maximum atomic E-state index is 9.30. The zero-order chi connectivity index (χ0) is 103. The summed E-state index contributed by atoms with van der Waals surface area (Å²) in [6.45, 7) is 0. The highest BCUT2D eigenvalue weighted by molar-refractivity contribution is 6.28. The average molecular weight is 1610 g/mol. The summed E-state index contributed by atoms with van der Waals surface area (Å²) in [5.74, 6) is 0. The van der Waals surface area contributed by atoms with Crippen LogP contribution in [0.4, 0.5) is 0 Å². The Morgan fingerprint density at radius 3 is 0.768 bits per heavy atom. The second-order valence-corrected chi connectivity index (χ2v) is 30.8. The SMILES string of the molecule is [2H]c1c([2H])c([2H])c2c(-c3cccc4c3oc3ccccc34)c3c([2H])c([2H])c([2H])c([2H])c3c(-c3ccc(-c4ccc5ccccc5c4)cc3)c2c1[2H].[2H]c1c([2H])c([2H])c2c(-c3cccc4c3oc3ccccc34)c3c([2H])c([2H])c([2H])c([2H])c3c(-c3ccc(-c4cccc5ccccc45)cc3)c2c1[2H].[2H]c1c([2H])c([2H])c2c(-c3cccc4c3oc3ccccc34)c3c([2H])c([2H])c([2H])c([2H])c3c(-c3ccc(-c4ccccc4)cc3)c2c1[2H]. The fourth-order valence-electron chi connectivity index (χ4n) is 18.3. The van der Waals surface area contributed by atoms with Crippen molar-refractivity contribution in [3.63, 3.8) is 0 Å². The zero-order valence-corrected chi connectivity index (χ0v) is 66.2. The van der Waals surface area contributed by atoms with Crippen molar-refractivity contribution in [2.45, 2.75) is 0 Å². The first kappa shape index (κ1) is 51.9. The molecule has 23 aromatic carbocycles. The number of rotatable bonds is 9. The van der Waals surface area contributed by atoms with Crippen LogP contribution >= 0.6 is 0 Å². The molecule has 3 heteroatoms. The predicted molar refractivity (Wildman–Crippen MR) is 530 cm³/mol. The number of furan rings is 3. The van der Waals surface area contributed by atoms with E-state index in [-0.39, 0.29) is 154 Å². The summed E-state index contributed by atoms with van der Waals surface area (Å²) < 4.78 is 235. The Labute approximate surface area is 755 Å². The second kappa shape index (κ2) is 30.4. The third-order valence-corrected chi connectivity index (χ3v) is 24.0. The summed E-state index contributed by atoms with van der Waals surface area (Å²) in [6, 6.07) is 91.2. The quantitative estimate of drug-likeness (QED) is 0.135. The van der Waals surface area contributed by atoms with Crippen LogP contribution < -0.4 is 0 Å². The first-order valence-corrected chi connectivity index (χ1v) is 41.0. The van der Waals surface area contributed by atoms with Crippen LogP contribution in [0.15, 0.2) is 474 Å². The fourth-order valence-corrected chi connectivity index (χ4v) is 18.3. The molecular weight excluding hydrogens is 1510 g/mol. The highest BCUT2D eigenvalue weighted by Crippen LogP contribution is 2.52. The maximum absolute atomic E-state index is 9.30. The van der Waals surface area contributed by atoms with E-state index in [2.05, 4.69) is 42.5 Å². The maximum Gasteiger partial charge on any atom is 0.143 e. The Hall–Kier alpha value is -16.5. The summed E-state index contributed by atoms with van der Waals surface area (Å²) in [6.07, 6.45) is 0. The van der Waals surface area contributed by atoms with Gasteiger partial charge in [0, 0.05) is 65.7 Å². The van der Waals surface area contributed by atoms with Crippen LogP contribution in [0.1, 0.15) is 32.9 Å². The monoisotopic (exact) mass is 1610 g/mol. The molecule has 3 nitrogen and oxygen atoms in total. The van der Waals surface area contributed by atoms with E-state index in [1.54, 1.807) is 18.2 Å². The molecule has 125 heavy (non-hydrogen) atoms. The topological polar surface area (TPSA) is 39.4 Å². The van der Waals surface area contributed by atoms with Gasteiger partial charge in [-0.1, -0.05) is 436 Å². The van der Waals surface area contributed by atoms with Gasteiger partial charge < -0.3 is 13.3 Å². The molecule has 0 spiro atoms. The fraction of sp³-hybridized carbons (Fsp3) is 0. The van der Waals surface area contributed by atoms with Gasteiger partial charge in [-0.25, -0.2) is 0 Å². The lowest BCUT2D eigenvalue weighted by atomic mass is 9.85. The number of benzene rings is 23. The van der Waals surface area contributed by atoms with Gasteiger partial charge in [0.25, 0.3) is 0 Å². The summed E-state index contributed by atoms with van der Waals surface area (Å²) in [4.78, 5) is 0. The van der Waals surface area contributed by atoms with Crippen LogP contribution in [0.25, 0.3) is 252 Å². The zero-order valence-electron chi connectivity index (χ0n) is 90.2. The normalized spacial score (nSPS) is 14.4. The van der Waals surface area contributed by atoms with Crippen LogP contribution in [0, 0.1) is 0 Å². The van der Waals surface area contributed by atoms with Crippen LogP contribution in [0.3, 0.4) is 0 Å².